The van der Waals surface area contributed by atoms with Gasteiger partial charge in [0.1, 0.15) is 11.1 Å². The molecule has 26 heavy (non-hydrogen) atoms. The number of benzene rings is 2. The molecular weight excluding hydrogens is 366 g/mol. The molecule has 1 unspecified atom stereocenters. The third kappa shape index (κ3) is 3.90. The Balaban J connectivity index is 1.47. The number of aryl methyl sites for hydroxylation is 1. The van der Waals surface area contributed by atoms with Crippen LogP contribution < -0.4 is 4.90 Å². The first-order valence-electron chi connectivity index (χ1n) is 8.68. The van der Waals surface area contributed by atoms with Crippen LogP contribution in [0.25, 0.3) is 0 Å². The molecule has 0 amide bonds. The zero-order valence-corrected chi connectivity index (χ0v) is 16.1. The van der Waals surface area contributed by atoms with Gasteiger partial charge in [-0.05, 0) is 35.7 Å². The summed E-state index contributed by atoms with van der Waals surface area (Å²) in [6, 6.07) is 16.3. The Morgan fingerprint density at radius 2 is 1.96 bits per heavy atom. The minimum Gasteiger partial charge on any atom is -0.370 e. The van der Waals surface area contributed by atoms with Crippen LogP contribution in [0, 0.1) is 6.92 Å². The first kappa shape index (κ1) is 17.5. The van der Waals surface area contributed by atoms with E-state index in [0.717, 1.165) is 34.7 Å². The van der Waals surface area contributed by atoms with Gasteiger partial charge in [0, 0.05) is 18.0 Å². The summed E-state index contributed by atoms with van der Waals surface area (Å²) in [5.74, 6) is 0. The predicted molar refractivity (Wildman–Crippen MR) is 106 cm³/mol. The normalized spacial score (nSPS) is 17.5. The number of rotatable bonds is 4. The maximum absolute atomic E-state index is 6.01. The molecule has 0 radical (unpaired) electrons. The second kappa shape index (κ2) is 7.74. The average molecular weight is 386 g/mol. The molecule has 1 aliphatic heterocycles. The van der Waals surface area contributed by atoms with Crippen LogP contribution in [0.3, 0.4) is 0 Å². The van der Waals surface area contributed by atoms with Crippen LogP contribution in [0.2, 0.25) is 5.02 Å². The monoisotopic (exact) mass is 385 g/mol. The van der Waals surface area contributed by atoms with Crippen LogP contribution in [0.1, 0.15) is 27.8 Å². The van der Waals surface area contributed by atoms with E-state index in [1.54, 1.807) is 11.3 Å². The third-order valence-corrected chi connectivity index (χ3v) is 5.83. The van der Waals surface area contributed by atoms with Crippen molar-refractivity contribution in [3.05, 3.63) is 75.3 Å². The predicted octanol–water partition coefficient (Wildman–Crippen LogP) is 4.67. The van der Waals surface area contributed by atoms with Crippen molar-refractivity contribution in [2.45, 2.75) is 19.4 Å². The van der Waals surface area contributed by atoms with Gasteiger partial charge in [-0.2, -0.15) is 0 Å². The third-order valence-electron chi connectivity index (χ3n) is 4.60. The van der Waals surface area contributed by atoms with E-state index in [9.17, 15) is 0 Å². The second-order valence-electron chi connectivity index (χ2n) is 6.44. The minimum atomic E-state index is 0.0774. The van der Waals surface area contributed by atoms with E-state index in [0.29, 0.717) is 6.61 Å². The highest BCUT2D eigenvalue weighted by Gasteiger charge is 2.25. The number of hydrogen-bond acceptors (Lipinski definition) is 5. The van der Waals surface area contributed by atoms with Gasteiger partial charge in [-0.25, -0.2) is 0 Å². The quantitative estimate of drug-likeness (QED) is 0.654. The van der Waals surface area contributed by atoms with Crippen molar-refractivity contribution in [1.29, 1.82) is 0 Å². The van der Waals surface area contributed by atoms with E-state index >= 15 is 0 Å². The molecule has 0 spiro atoms. The highest BCUT2D eigenvalue weighted by atomic mass is 35.5. The van der Waals surface area contributed by atoms with Gasteiger partial charge in [-0.1, -0.05) is 59.3 Å². The van der Waals surface area contributed by atoms with E-state index in [1.165, 1.54) is 16.7 Å². The zero-order chi connectivity index (χ0) is 17.9. The number of aromatic nitrogens is 2. The Labute approximate surface area is 162 Å². The van der Waals surface area contributed by atoms with Gasteiger partial charge in [0.05, 0.1) is 13.2 Å². The van der Waals surface area contributed by atoms with Gasteiger partial charge in [-0.3, -0.25) is 0 Å². The highest BCUT2D eigenvalue weighted by Crippen LogP contribution is 2.30. The molecule has 1 saturated heterocycles. The van der Waals surface area contributed by atoms with E-state index in [-0.39, 0.29) is 6.10 Å². The van der Waals surface area contributed by atoms with Crippen molar-refractivity contribution >= 4 is 28.1 Å². The molecule has 4 rings (SSSR count). The fraction of sp³-hybridized carbons (Fsp3) is 0.300. The maximum atomic E-state index is 6.01. The van der Waals surface area contributed by atoms with Crippen LogP contribution in [0.5, 0.6) is 0 Å². The molecule has 2 heterocycles. The number of nitrogens with zero attached hydrogens (tertiary/aromatic N) is 3. The Bertz CT molecular complexity index is 881. The topological polar surface area (TPSA) is 38.2 Å². The summed E-state index contributed by atoms with van der Waals surface area (Å²) >= 11 is 7.61. The molecule has 0 N–H and O–H groups in total. The molecule has 1 aliphatic rings. The SMILES string of the molecule is Cc1ccccc1C1CN(c2nnc(Cc3ccc(Cl)cc3)s2)CCO1. The van der Waals surface area contributed by atoms with Gasteiger partial charge in [-0.15, -0.1) is 10.2 Å². The van der Waals surface area contributed by atoms with Crippen molar-refractivity contribution in [3.63, 3.8) is 0 Å². The Hall–Kier alpha value is -1.95. The number of ether oxygens (including phenoxy) is 1. The number of anilines is 1. The summed E-state index contributed by atoms with van der Waals surface area (Å²) in [7, 11) is 0. The van der Waals surface area contributed by atoms with Crippen LogP contribution >= 0.6 is 22.9 Å². The number of morpholine rings is 1. The van der Waals surface area contributed by atoms with Crippen LogP contribution in [-0.4, -0.2) is 29.9 Å². The summed E-state index contributed by atoms with van der Waals surface area (Å²) in [4.78, 5) is 2.28. The van der Waals surface area contributed by atoms with Gasteiger partial charge < -0.3 is 9.64 Å². The van der Waals surface area contributed by atoms with E-state index in [2.05, 4.69) is 46.3 Å². The van der Waals surface area contributed by atoms with Crippen molar-refractivity contribution < 1.29 is 4.74 Å². The first-order valence-corrected chi connectivity index (χ1v) is 9.87. The lowest BCUT2D eigenvalue weighted by Gasteiger charge is -2.33. The maximum Gasteiger partial charge on any atom is 0.208 e. The lowest BCUT2D eigenvalue weighted by molar-refractivity contribution is 0.0393. The van der Waals surface area contributed by atoms with Gasteiger partial charge >= 0.3 is 0 Å². The summed E-state index contributed by atoms with van der Waals surface area (Å²) in [5, 5.41) is 11.5. The molecule has 0 saturated carbocycles. The summed E-state index contributed by atoms with van der Waals surface area (Å²) in [5.41, 5.74) is 3.71. The number of hydrogen-bond donors (Lipinski definition) is 0. The van der Waals surface area contributed by atoms with Crippen molar-refractivity contribution in [1.82, 2.24) is 10.2 Å². The van der Waals surface area contributed by atoms with Crippen LogP contribution in [0.15, 0.2) is 48.5 Å². The van der Waals surface area contributed by atoms with Crippen LogP contribution in [0.4, 0.5) is 5.13 Å². The molecule has 0 bridgehead atoms. The zero-order valence-electron chi connectivity index (χ0n) is 14.6. The van der Waals surface area contributed by atoms with Crippen LogP contribution in [-0.2, 0) is 11.2 Å². The molecule has 1 aromatic heterocycles. The highest BCUT2D eigenvalue weighted by molar-refractivity contribution is 7.15. The van der Waals surface area contributed by atoms with Crippen molar-refractivity contribution in [3.8, 4) is 0 Å². The molecule has 134 valence electrons. The largest absolute Gasteiger partial charge is 0.370 e. The molecular formula is C20H20ClN3OS. The average Bonchev–Trinajstić information content (AvgIpc) is 3.13. The van der Waals surface area contributed by atoms with Crippen molar-refractivity contribution in [2.24, 2.45) is 0 Å². The Kier molecular flexibility index (Phi) is 5.20. The standard InChI is InChI=1S/C20H20ClN3OS/c1-14-4-2-3-5-17(14)18-13-24(10-11-25-18)20-23-22-19(26-20)12-15-6-8-16(21)9-7-15/h2-9,18H,10-13H2,1H3. The lowest BCUT2D eigenvalue weighted by Crippen LogP contribution is -2.38. The number of halogens is 1. The molecule has 4 nitrogen and oxygen atoms in total. The minimum absolute atomic E-state index is 0.0774. The first-order chi connectivity index (χ1) is 12.7. The van der Waals surface area contributed by atoms with E-state index in [1.807, 2.05) is 24.3 Å². The molecule has 2 aromatic carbocycles. The van der Waals surface area contributed by atoms with E-state index in [4.69, 9.17) is 16.3 Å². The van der Waals surface area contributed by atoms with Gasteiger partial charge in [0.15, 0.2) is 0 Å². The van der Waals surface area contributed by atoms with Crippen molar-refractivity contribution in [2.75, 3.05) is 24.6 Å². The molecule has 3 aromatic rings. The van der Waals surface area contributed by atoms with Gasteiger partial charge in [0.25, 0.3) is 0 Å². The Morgan fingerprint density at radius 3 is 2.77 bits per heavy atom. The fourth-order valence-corrected chi connectivity index (χ4v) is 4.21. The molecule has 1 fully saturated rings. The van der Waals surface area contributed by atoms with E-state index < -0.39 is 0 Å². The molecule has 1 atom stereocenters. The molecule has 6 heteroatoms. The smallest absolute Gasteiger partial charge is 0.208 e. The summed E-state index contributed by atoms with van der Waals surface area (Å²) in [6.07, 6.45) is 0.856. The lowest BCUT2D eigenvalue weighted by atomic mass is 10.0. The summed E-state index contributed by atoms with van der Waals surface area (Å²) in [6.45, 7) is 4.48. The molecule has 0 aliphatic carbocycles. The fourth-order valence-electron chi connectivity index (χ4n) is 3.18. The second-order valence-corrected chi connectivity index (χ2v) is 7.92. The Morgan fingerprint density at radius 1 is 1.15 bits per heavy atom. The van der Waals surface area contributed by atoms with Gasteiger partial charge in [0.2, 0.25) is 5.13 Å². The summed E-state index contributed by atoms with van der Waals surface area (Å²) < 4.78 is 6.01.